The van der Waals surface area contributed by atoms with Gasteiger partial charge in [-0.25, -0.2) is 0 Å². The van der Waals surface area contributed by atoms with Crippen LogP contribution in [0, 0.1) is 0 Å². The van der Waals surface area contributed by atoms with Gasteiger partial charge in [-0.3, -0.25) is 14.4 Å². The first-order valence-corrected chi connectivity index (χ1v) is 26.8. The van der Waals surface area contributed by atoms with Crippen molar-refractivity contribution in [1.82, 2.24) is 0 Å². The highest BCUT2D eigenvalue weighted by molar-refractivity contribution is 5.71. The smallest absolute Gasteiger partial charge is 0.306 e. The zero-order valence-electron chi connectivity index (χ0n) is 41.6. The first kappa shape index (κ1) is 60.1. The predicted octanol–water partition coefficient (Wildman–Crippen LogP) is 17.6. The van der Waals surface area contributed by atoms with Gasteiger partial charge < -0.3 is 14.2 Å². The van der Waals surface area contributed by atoms with Gasteiger partial charge in [0.15, 0.2) is 6.10 Å². The van der Waals surface area contributed by atoms with Gasteiger partial charge in [0.2, 0.25) is 0 Å². The van der Waals surface area contributed by atoms with Crippen molar-refractivity contribution in [3.63, 3.8) is 0 Å². The topological polar surface area (TPSA) is 78.9 Å². The van der Waals surface area contributed by atoms with E-state index in [2.05, 4.69) is 75.5 Å². The van der Waals surface area contributed by atoms with Crippen molar-refractivity contribution < 1.29 is 28.6 Å². The Bertz CT molecular complexity index is 1100. The minimum Gasteiger partial charge on any atom is -0.462 e. The standard InChI is InChI=1S/C57H100O6/c1-4-7-10-13-16-19-22-25-26-27-28-29-30-33-36-39-42-45-48-51-57(60)63-54(52-61-55(58)49-46-43-40-37-34-31-23-20-17-14-11-8-5-2)53-62-56(59)50-47-44-41-38-35-32-24-21-18-15-12-9-6-3/h16,19,25-26,28-29,33,36,42,45,54H,4-15,17-18,20-24,27,30-32,34-35,37-41,43-44,46-53H2,1-3H3/b19-16-,26-25-,29-28-,36-33-,45-42-. The lowest BCUT2D eigenvalue weighted by Gasteiger charge is -2.18. The van der Waals surface area contributed by atoms with E-state index in [-0.39, 0.29) is 37.5 Å². The molecule has 0 N–H and O–H groups in total. The molecule has 0 radical (unpaired) electrons. The molecule has 0 heterocycles. The molecule has 0 unspecified atom stereocenters. The molecule has 0 aromatic rings. The Morgan fingerprint density at radius 2 is 0.603 bits per heavy atom. The molecule has 6 nitrogen and oxygen atoms in total. The Morgan fingerprint density at radius 1 is 0.317 bits per heavy atom. The molecule has 0 bridgehead atoms. The minimum absolute atomic E-state index is 0.100. The van der Waals surface area contributed by atoms with Crippen LogP contribution in [0.1, 0.15) is 265 Å². The largest absolute Gasteiger partial charge is 0.462 e. The minimum atomic E-state index is -0.809. The first-order valence-electron chi connectivity index (χ1n) is 26.8. The maximum Gasteiger partial charge on any atom is 0.306 e. The highest BCUT2D eigenvalue weighted by Gasteiger charge is 2.19. The van der Waals surface area contributed by atoms with Gasteiger partial charge >= 0.3 is 17.9 Å². The van der Waals surface area contributed by atoms with Gasteiger partial charge in [-0.2, -0.15) is 0 Å². The molecule has 0 aromatic carbocycles. The SMILES string of the molecule is CCCCC/C=C\C/C=C\C/C=C\C/C=C\C/C=C\CCC(=O)OC(COC(=O)CCCCCCCCCCCCCCC)COC(=O)CCCCCCCCCCCCCCC. The van der Waals surface area contributed by atoms with E-state index in [1.807, 2.05) is 6.08 Å². The van der Waals surface area contributed by atoms with Crippen LogP contribution in [0.15, 0.2) is 60.8 Å². The van der Waals surface area contributed by atoms with Gasteiger partial charge in [0.25, 0.3) is 0 Å². The summed E-state index contributed by atoms with van der Waals surface area (Å²) in [5.74, 6) is -0.975. The first-order chi connectivity index (χ1) is 31.0. The van der Waals surface area contributed by atoms with Gasteiger partial charge in [-0.15, -0.1) is 0 Å². The Balaban J connectivity index is 4.48. The van der Waals surface area contributed by atoms with Gasteiger partial charge in [-0.05, 0) is 57.8 Å². The number of carbonyl (C=O) groups is 3. The quantitative estimate of drug-likeness (QED) is 0.0262. The van der Waals surface area contributed by atoms with Crippen LogP contribution in [0.2, 0.25) is 0 Å². The number of hydrogen-bond acceptors (Lipinski definition) is 6. The molecule has 0 atom stereocenters. The molecule has 0 amide bonds. The summed E-state index contributed by atoms with van der Waals surface area (Å²) >= 11 is 0. The zero-order chi connectivity index (χ0) is 45.8. The highest BCUT2D eigenvalue weighted by Crippen LogP contribution is 2.15. The fourth-order valence-electron chi connectivity index (χ4n) is 7.48. The van der Waals surface area contributed by atoms with Crippen LogP contribution in [0.3, 0.4) is 0 Å². The van der Waals surface area contributed by atoms with Crippen LogP contribution in [0.4, 0.5) is 0 Å². The van der Waals surface area contributed by atoms with Gasteiger partial charge in [0, 0.05) is 19.3 Å². The number of hydrogen-bond donors (Lipinski definition) is 0. The molecular weight excluding hydrogens is 781 g/mol. The van der Waals surface area contributed by atoms with Crippen LogP contribution >= 0.6 is 0 Å². The lowest BCUT2D eigenvalue weighted by molar-refractivity contribution is -0.166. The third kappa shape index (κ3) is 50.0. The summed E-state index contributed by atoms with van der Waals surface area (Å²) in [6.45, 7) is 6.56. The molecule has 0 aliphatic rings. The van der Waals surface area contributed by atoms with Gasteiger partial charge in [0.05, 0.1) is 0 Å². The summed E-state index contributed by atoms with van der Waals surface area (Å²) in [5, 5.41) is 0. The number of carbonyl (C=O) groups excluding carboxylic acids is 3. The third-order valence-electron chi connectivity index (χ3n) is 11.5. The van der Waals surface area contributed by atoms with E-state index in [4.69, 9.17) is 14.2 Å². The van der Waals surface area contributed by atoms with Crippen molar-refractivity contribution in [3.8, 4) is 0 Å². The molecule has 364 valence electrons. The van der Waals surface area contributed by atoms with E-state index in [1.54, 1.807) is 0 Å². The Kier molecular flexibility index (Phi) is 49.4. The van der Waals surface area contributed by atoms with E-state index in [9.17, 15) is 14.4 Å². The Morgan fingerprint density at radius 3 is 0.952 bits per heavy atom. The fraction of sp³-hybridized carbons (Fsp3) is 0.772. The van der Waals surface area contributed by atoms with E-state index in [0.717, 1.165) is 64.2 Å². The fourth-order valence-corrected chi connectivity index (χ4v) is 7.48. The second-order valence-corrected chi connectivity index (χ2v) is 17.8. The molecule has 6 heteroatoms. The summed E-state index contributed by atoms with van der Waals surface area (Å²) in [6.07, 6.45) is 63.6. The number of ether oxygens (including phenoxy) is 3. The summed E-state index contributed by atoms with van der Waals surface area (Å²) in [7, 11) is 0. The predicted molar refractivity (Wildman–Crippen MR) is 270 cm³/mol. The van der Waals surface area contributed by atoms with E-state index in [0.29, 0.717) is 19.3 Å². The highest BCUT2D eigenvalue weighted by atomic mass is 16.6. The van der Waals surface area contributed by atoms with Crippen LogP contribution in [0.25, 0.3) is 0 Å². The molecule has 0 fully saturated rings. The Hall–Kier alpha value is -2.89. The number of unbranched alkanes of at least 4 members (excludes halogenated alkanes) is 27. The lowest BCUT2D eigenvalue weighted by Crippen LogP contribution is -2.30. The van der Waals surface area contributed by atoms with Crippen molar-refractivity contribution in [3.05, 3.63) is 60.8 Å². The molecule has 63 heavy (non-hydrogen) atoms. The second-order valence-electron chi connectivity index (χ2n) is 17.8. The van der Waals surface area contributed by atoms with E-state index >= 15 is 0 Å². The molecule has 0 rings (SSSR count). The molecule has 0 saturated carbocycles. The number of allylic oxidation sites excluding steroid dienone is 10. The van der Waals surface area contributed by atoms with Crippen molar-refractivity contribution in [1.29, 1.82) is 0 Å². The summed E-state index contributed by atoms with van der Waals surface area (Å²) in [5.41, 5.74) is 0. The van der Waals surface area contributed by atoms with Crippen LogP contribution in [-0.4, -0.2) is 37.2 Å². The summed E-state index contributed by atoms with van der Waals surface area (Å²) in [6, 6.07) is 0. The number of esters is 3. The summed E-state index contributed by atoms with van der Waals surface area (Å²) in [4.78, 5) is 38.0. The van der Waals surface area contributed by atoms with E-state index < -0.39 is 6.10 Å². The monoisotopic (exact) mass is 881 g/mol. The maximum absolute atomic E-state index is 12.8. The zero-order valence-corrected chi connectivity index (χ0v) is 41.6. The van der Waals surface area contributed by atoms with Crippen LogP contribution in [-0.2, 0) is 28.6 Å². The van der Waals surface area contributed by atoms with Crippen molar-refractivity contribution in [2.24, 2.45) is 0 Å². The number of rotatable bonds is 48. The second kappa shape index (κ2) is 51.7. The maximum atomic E-state index is 12.8. The Labute approximate surface area is 390 Å². The normalized spacial score (nSPS) is 12.1. The average Bonchev–Trinajstić information content (AvgIpc) is 3.28. The lowest BCUT2D eigenvalue weighted by atomic mass is 10.0. The summed E-state index contributed by atoms with van der Waals surface area (Å²) < 4.78 is 16.7. The molecule has 0 aliphatic heterocycles. The van der Waals surface area contributed by atoms with E-state index in [1.165, 1.54) is 154 Å². The molecular formula is C57H100O6. The molecule has 0 aliphatic carbocycles. The van der Waals surface area contributed by atoms with Crippen LogP contribution < -0.4 is 0 Å². The third-order valence-corrected chi connectivity index (χ3v) is 11.5. The molecule has 0 spiro atoms. The van der Waals surface area contributed by atoms with Crippen molar-refractivity contribution >= 4 is 17.9 Å². The average molecular weight is 881 g/mol. The van der Waals surface area contributed by atoms with Gasteiger partial charge in [0.1, 0.15) is 13.2 Å². The van der Waals surface area contributed by atoms with Crippen molar-refractivity contribution in [2.45, 2.75) is 271 Å². The molecule has 0 aromatic heterocycles. The van der Waals surface area contributed by atoms with Gasteiger partial charge in [-0.1, -0.05) is 248 Å². The molecule has 0 saturated heterocycles. The van der Waals surface area contributed by atoms with Crippen molar-refractivity contribution in [2.75, 3.05) is 13.2 Å². The van der Waals surface area contributed by atoms with Crippen LogP contribution in [0.5, 0.6) is 0 Å².